The van der Waals surface area contributed by atoms with Gasteiger partial charge in [-0.25, -0.2) is 21.0 Å². The van der Waals surface area contributed by atoms with Crippen LogP contribution < -0.4 is 11.8 Å². The van der Waals surface area contributed by atoms with Crippen molar-refractivity contribution in [1.29, 1.82) is 0 Å². The smallest absolute Gasteiger partial charge is 0.326 e. The molecule has 0 aromatic carbocycles. The van der Waals surface area contributed by atoms with Gasteiger partial charge in [-0.3, -0.25) is 0 Å². The van der Waals surface area contributed by atoms with Gasteiger partial charge in [0.15, 0.2) is 0 Å². The van der Waals surface area contributed by atoms with Crippen LogP contribution in [-0.4, -0.2) is 4.89 Å². The van der Waals surface area contributed by atoms with Gasteiger partial charge in [0.1, 0.15) is 0 Å². The van der Waals surface area contributed by atoms with Crippen LogP contribution in [-0.2, 0) is 9.25 Å². The van der Waals surface area contributed by atoms with Gasteiger partial charge in [0.2, 0.25) is 0 Å². The molecule has 38 valence electrons. The molecule has 0 aromatic rings. The molecule has 5 nitrogen and oxygen atoms in total. The van der Waals surface area contributed by atoms with E-state index >= 15 is 0 Å². The van der Waals surface area contributed by atoms with E-state index in [2.05, 4.69) is 21.0 Å². The van der Waals surface area contributed by atoms with E-state index in [1.807, 2.05) is 0 Å². The quantitative estimate of drug-likeness (QED) is 0.314. The molecular weight excluding hydrogens is 107 g/mol. The number of nitrogens with two attached hydrogens (primary N) is 2. The van der Waals surface area contributed by atoms with Gasteiger partial charge < -0.3 is 4.89 Å². The molecule has 0 atom stereocenters. The van der Waals surface area contributed by atoms with E-state index in [1.165, 1.54) is 0 Å². The molecular formula is H5N2O3P. The summed E-state index contributed by atoms with van der Waals surface area (Å²) < 4.78 is 7.34. The fraction of sp³-hybridized carbons (Fsp3) is 0. The minimum Gasteiger partial charge on any atom is -0.326 e. The molecule has 0 aliphatic carbocycles. The Hall–Kier alpha value is 0.230. The van der Waals surface area contributed by atoms with Crippen molar-refractivity contribution in [2.75, 3.05) is 0 Å². The third-order valence-corrected chi connectivity index (χ3v) is 0.541. The molecule has 0 fully saturated rings. The van der Waals surface area contributed by atoms with E-state index in [0.29, 0.717) is 0 Å². The van der Waals surface area contributed by atoms with Gasteiger partial charge in [0.05, 0.1) is 0 Å². The SMILES string of the molecule is NOP(O)ON. The summed E-state index contributed by atoms with van der Waals surface area (Å²) in [5.41, 5.74) is 0. The van der Waals surface area contributed by atoms with Crippen LogP contribution in [0.3, 0.4) is 0 Å². The Labute approximate surface area is 35.7 Å². The number of hydrogen-bond donors (Lipinski definition) is 3. The van der Waals surface area contributed by atoms with Gasteiger partial charge in [0.25, 0.3) is 0 Å². The zero-order valence-electron chi connectivity index (χ0n) is 2.87. The average molecular weight is 112 g/mol. The van der Waals surface area contributed by atoms with Crippen molar-refractivity contribution in [1.82, 2.24) is 0 Å². The minimum absolute atomic E-state index is 2.02. The second-order valence-electron chi connectivity index (χ2n) is 0.449. The van der Waals surface area contributed by atoms with Gasteiger partial charge in [-0.05, 0) is 0 Å². The highest BCUT2D eigenvalue weighted by Crippen LogP contribution is 2.25. The Morgan fingerprint density at radius 2 is 1.67 bits per heavy atom. The summed E-state index contributed by atoms with van der Waals surface area (Å²) >= 11 is 0. The molecule has 0 amide bonds. The van der Waals surface area contributed by atoms with Crippen LogP contribution in [0.4, 0.5) is 0 Å². The highest BCUT2D eigenvalue weighted by atomic mass is 31.2. The molecule has 0 heterocycles. The Balaban J connectivity index is 2.75. The first-order valence-corrected chi connectivity index (χ1v) is 2.17. The van der Waals surface area contributed by atoms with Crippen LogP contribution in [0.25, 0.3) is 0 Å². The second-order valence-corrected chi connectivity index (χ2v) is 1.35. The van der Waals surface area contributed by atoms with E-state index in [9.17, 15) is 0 Å². The van der Waals surface area contributed by atoms with Crippen LogP contribution in [0, 0.1) is 0 Å². The van der Waals surface area contributed by atoms with Crippen molar-refractivity contribution in [3.8, 4) is 0 Å². The van der Waals surface area contributed by atoms with E-state index in [4.69, 9.17) is 4.89 Å². The number of hydrogen-bond acceptors (Lipinski definition) is 5. The van der Waals surface area contributed by atoms with Gasteiger partial charge in [-0.15, -0.1) is 0 Å². The summed E-state index contributed by atoms with van der Waals surface area (Å²) in [5.74, 6) is 8.71. The first-order valence-electron chi connectivity index (χ1n) is 1.04. The van der Waals surface area contributed by atoms with Crippen molar-refractivity contribution >= 4 is 8.60 Å². The second kappa shape index (κ2) is 3.42. The standard InChI is InChI=1S/H5N2O3P/c1-4-6(3)5-2/h3H,1-2H2. The maximum atomic E-state index is 8.04. The molecule has 0 saturated heterocycles. The predicted octanol–water partition coefficient (Wildman–Crippen LogP) is -1.01. The zero-order valence-corrected chi connectivity index (χ0v) is 3.76. The van der Waals surface area contributed by atoms with E-state index < -0.39 is 8.60 Å². The van der Waals surface area contributed by atoms with Gasteiger partial charge in [-0.2, -0.15) is 0 Å². The molecule has 0 aliphatic rings. The highest BCUT2D eigenvalue weighted by Gasteiger charge is 1.96. The predicted molar refractivity (Wildman–Crippen MR) is 19.7 cm³/mol. The van der Waals surface area contributed by atoms with Crippen LogP contribution in [0.15, 0.2) is 0 Å². The van der Waals surface area contributed by atoms with Crippen molar-refractivity contribution in [2.24, 2.45) is 11.8 Å². The summed E-state index contributed by atoms with van der Waals surface area (Å²) in [5, 5.41) is 0. The maximum Gasteiger partial charge on any atom is 0.365 e. The summed E-state index contributed by atoms with van der Waals surface area (Å²) in [6, 6.07) is 0. The average Bonchev–Trinajstić information content (AvgIpc) is 1.65. The Bertz CT molecular complexity index is 28.0. The van der Waals surface area contributed by atoms with Gasteiger partial charge in [-0.1, -0.05) is 0 Å². The van der Waals surface area contributed by atoms with Crippen molar-refractivity contribution in [3.63, 3.8) is 0 Å². The Morgan fingerprint density at radius 1 is 1.33 bits per heavy atom. The third-order valence-electron chi connectivity index (χ3n) is 0.180. The molecule has 0 aromatic heterocycles. The molecule has 0 aliphatic heterocycles. The van der Waals surface area contributed by atoms with E-state index in [-0.39, 0.29) is 0 Å². The molecule has 6 heteroatoms. The lowest BCUT2D eigenvalue weighted by Gasteiger charge is -1.96. The van der Waals surface area contributed by atoms with Crippen LogP contribution in [0.5, 0.6) is 0 Å². The van der Waals surface area contributed by atoms with Crippen LogP contribution in [0.1, 0.15) is 0 Å². The van der Waals surface area contributed by atoms with E-state index in [1.54, 1.807) is 0 Å². The van der Waals surface area contributed by atoms with Crippen LogP contribution in [0.2, 0.25) is 0 Å². The first-order chi connectivity index (χ1) is 2.81. The minimum atomic E-state index is -2.02. The topological polar surface area (TPSA) is 90.7 Å². The largest absolute Gasteiger partial charge is 0.365 e. The van der Waals surface area contributed by atoms with Gasteiger partial charge in [0, 0.05) is 0 Å². The maximum absolute atomic E-state index is 8.04. The summed E-state index contributed by atoms with van der Waals surface area (Å²) in [6.45, 7) is 0. The Kier molecular flexibility index (Phi) is 3.55. The molecule has 0 bridgehead atoms. The molecule has 5 N–H and O–H groups in total. The zero-order chi connectivity index (χ0) is 4.99. The Morgan fingerprint density at radius 3 is 1.67 bits per heavy atom. The fourth-order valence-electron chi connectivity index (χ4n) is 0.0248. The monoisotopic (exact) mass is 112 g/mol. The molecule has 0 radical (unpaired) electrons. The normalized spacial score (nSPS) is 10.0. The molecule has 0 rings (SSSR count). The summed E-state index contributed by atoms with van der Waals surface area (Å²) in [7, 11) is -2.02. The highest BCUT2D eigenvalue weighted by molar-refractivity contribution is 7.40. The summed E-state index contributed by atoms with van der Waals surface area (Å²) in [6.07, 6.45) is 0. The lowest BCUT2D eigenvalue weighted by molar-refractivity contribution is 0.207. The van der Waals surface area contributed by atoms with Crippen molar-refractivity contribution in [2.45, 2.75) is 0 Å². The van der Waals surface area contributed by atoms with Crippen molar-refractivity contribution < 1.29 is 14.1 Å². The molecule has 6 heavy (non-hydrogen) atoms. The third kappa shape index (κ3) is 2.47. The first kappa shape index (κ1) is 6.23. The summed E-state index contributed by atoms with van der Waals surface area (Å²) in [4.78, 5) is 8.04. The number of rotatable bonds is 2. The lowest BCUT2D eigenvalue weighted by atomic mass is 13.6. The lowest BCUT2D eigenvalue weighted by Crippen LogP contribution is -1.99. The molecule has 0 saturated carbocycles. The fourth-order valence-corrected chi connectivity index (χ4v) is 0.0745. The van der Waals surface area contributed by atoms with E-state index in [0.717, 1.165) is 0 Å². The van der Waals surface area contributed by atoms with Gasteiger partial charge >= 0.3 is 8.60 Å². The van der Waals surface area contributed by atoms with Crippen molar-refractivity contribution in [3.05, 3.63) is 0 Å². The van der Waals surface area contributed by atoms with Crippen LogP contribution >= 0.6 is 8.60 Å². The molecule has 0 spiro atoms. The molecule has 0 unspecified atom stereocenters.